The summed E-state index contributed by atoms with van der Waals surface area (Å²) in [6.45, 7) is 1.68. The maximum absolute atomic E-state index is 10.8. The summed E-state index contributed by atoms with van der Waals surface area (Å²) in [6.07, 6.45) is 2.89. The van der Waals surface area contributed by atoms with E-state index in [0.717, 1.165) is 12.8 Å². The van der Waals surface area contributed by atoms with Crippen LogP contribution < -0.4 is 0 Å². The number of carbonyl (C=O) groups is 1. The lowest BCUT2D eigenvalue weighted by atomic mass is 10.0. The van der Waals surface area contributed by atoms with E-state index in [1.54, 1.807) is 6.92 Å². The Bertz CT molecular complexity index is 143. The Morgan fingerprint density at radius 3 is 2.33 bits per heavy atom. The fraction of sp³-hybridized carbons (Fsp3) is 0.857. The lowest BCUT2D eigenvalue weighted by Gasteiger charge is -2.03. The van der Waals surface area contributed by atoms with E-state index in [4.69, 9.17) is 4.74 Å². The molecule has 0 bridgehead atoms. The van der Waals surface area contributed by atoms with Crippen molar-refractivity contribution in [2.45, 2.75) is 32.0 Å². The first-order valence-electron chi connectivity index (χ1n) is 3.43. The quantitative estimate of drug-likeness (QED) is 0.485. The monoisotopic (exact) mass is 126 g/mol. The van der Waals surface area contributed by atoms with Gasteiger partial charge in [0.2, 0.25) is 0 Å². The molecule has 0 radical (unpaired) electrons. The second-order valence-corrected chi connectivity index (χ2v) is 2.99. The topological polar surface area (TPSA) is 29.6 Å². The average Bonchev–Trinajstić information content (AvgIpc) is 2.40. The smallest absolute Gasteiger partial charge is 0.133 e. The minimum Gasteiger partial charge on any atom is -0.370 e. The molecule has 1 heterocycles. The number of carbonyl (C=O) groups excluding carboxylic acids is 1. The molecule has 1 saturated heterocycles. The van der Waals surface area contributed by atoms with Crippen LogP contribution in [-0.4, -0.2) is 18.0 Å². The van der Waals surface area contributed by atoms with Crippen molar-refractivity contribution in [3.8, 4) is 0 Å². The Morgan fingerprint density at radius 1 is 1.44 bits per heavy atom. The summed E-state index contributed by atoms with van der Waals surface area (Å²) in [5, 5.41) is 0. The molecule has 0 N–H and O–H groups in total. The largest absolute Gasteiger partial charge is 0.370 e. The third kappa shape index (κ3) is 0.778. The van der Waals surface area contributed by atoms with E-state index in [1.165, 1.54) is 0 Å². The summed E-state index contributed by atoms with van der Waals surface area (Å²) in [4.78, 5) is 10.8. The van der Waals surface area contributed by atoms with Gasteiger partial charge < -0.3 is 4.74 Å². The zero-order chi connectivity index (χ0) is 6.43. The summed E-state index contributed by atoms with van der Waals surface area (Å²) in [7, 11) is 0. The number of epoxide rings is 1. The molecule has 2 unspecified atom stereocenters. The van der Waals surface area contributed by atoms with Gasteiger partial charge in [0.15, 0.2) is 0 Å². The molecule has 1 saturated carbocycles. The highest BCUT2D eigenvalue weighted by molar-refractivity contribution is 5.78. The minimum atomic E-state index is 0.328. The van der Waals surface area contributed by atoms with Crippen LogP contribution in [0.15, 0.2) is 0 Å². The van der Waals surface area contributed by atoms with Gasteiger partial charge in [0, 0.05) is 5.92 Å². The molecule has 2 heteroatoms. The Kier molecular flexibility index (Phi) is 0.943. The summed E-state index contributed by atoms with van der Waals surface area (Å²) >= 11 is 0. The van der Waals surface area contributed by atoms with Crippen molar-refractivity contribution in [1.29, 1.82) is 0 Å². The highest BCUT2D eigenvalue weighted by Crippen LogP contribution is 2.42. The third-order valence-electron chi connectivity index (χ3n) is 2.30. The maximum atomic E-state index is 10.8. The van der Waals surface area contributed by atoms with Crippen LogP contribution in [0.5, 0.6) is 0 Å². The number of ketones is 1. The van der Waals surface area contributed by atoms with Gasteiger partial charge in [-0.2, -0.15) is 0 Å². The Morgan fingerprint density at radius 2 is 2.00 bits per heavy atom. The summed E-state index contributed by atoms with van der Waals surface area (Å²) in [6, 6.07) is 0. The zero-order valence-electron chi connectivity index (χ0n) is 5.46. The molecule has 9 heavy (non-hydrogen) atoms. The van der Waals surface area contributed by atoms with Crippen molar-refractivity contribution in [3.63, 3.8) is 0 Å². The van der Waals surface area contributed by atoms with Crippen LogP contribution in [0.1, 0.15) is 19.8 Å². The second kappa shape index (κ2) is 1.57. The number of rotatable bonds is 1. The molecule has 2 aliphatic rings. The van der Waals surface area contributed by atoms with Crippen molar-refractivity contribution in [3.05, 3.63) is 0 Å². The normalized spacial score (nSPS) is 46.6. The average molecular weight is 126 g/mol. The maximum Gasteiger partial charge on any atom is 0.133 e. The predicted octanol–water partition coefficient (Wildman–Crippen LogP) is 0.753. The molecule has 0 aromatic carbocycles. The number of Topliss-reactive ketones (excluding diaryl/α,β-unsaturated/α-hetero) is 1. The Balaban J connectivity index is 1.97. The van der Waals surface area contributed by atoms with Gasteiger partial charge >= 0.3 is 0 Å². The zero-order valence-corrected chi connectivity index (χ0v) is 5.46. The first-order chi connectivity index (χ1) is 4.27. The van der Waals surface area contributed by atoms with Gasteiger partial charge in [-0.1, -0.05) is 0 Å². The van der Waals surface area contributed by atoms with E-state index < -0.39 is 0 Å². The molecule has 2 fully saturated rings. The first-order valence-corrected chi connectivity index (χ1v) is 3.43. The molecule has 0 spiro atoms. The Labute approximate surface area is 54.2 Å². The SMILES string of the molecule is CC(=O)C1CC2OC2C1. The van der Waals surface area contributed by atoms with Crippen molar-refractivity contribution < 1.29 is 9.53 Å². The molecule has 2 nitrogen and oxygen atoms in total. The fourth-order valence-electron chi connectivity index (χ4n) is 1.58. The molecular weight excluding hydrogens is 116 g/mol. The van der Waals surface area contributed by atoms with Gasteiger partial charge in [0.1, 0.15) is 5.78 Å². The van der Waals surface area contributed by atoms with Gasteiger partial charge in [-0.15, -0.1) is 0 Å². The second-order valence-electron chi connectivity index (χ2n) is 2.99. The van der Waals surface area contributed by atoms with E-state index in [0.29, 0.717) is 23.9 Å². The predicted molar refractivity (Wildman–Crippen MR) is 32.1 cm³/mol. The first kappa shape index (κ1) is 5.42. The van der Waals surface area contributed by atoms with Gasteiger partial charge in [0.25, 0.3) is 0 Å². The molecule has 0 aromatic heterocycles. The van der Waals surface area contributed by atoms with Crippen LogP contribution in [0.3, 0.4) is 0 Å². The molecule has 2 rings (SSSR count). The van der Waals surface area contributed by atoms with E-state index in [-0.39, 0.29) is 0 Å². The van der Waals surface area contributed by atoms with Crippen molar-refractivity contribution in [2.75, 3.05) is 0 Å². The van der Waals surface area contributed by atoms with Gasteiger partial charge in [-0.05, 0) is 19.8 Å². The molecule has 1 aliphatic carbocycles. The van der Waals surface area contributed by atoms with Crippen molar-refractivity contribution in [1.82, 2.24) is 0 Å². The van der Waals surface area contributed by atoms with Gasteiger partial charge in [-0.25, -0.2) is 0 Å². The van der Waals surface area contributed by atoms with Crippen LogP contribution >= 0.6 is 0 Å². The Hall–Kier alpha value is -0.370. The standard InChI is InChI=1S/C7H10O2/c1-4(8)5-2-6-7(3-5)9-6/h5-7H,2-3H2,1H3. The molecule has 50 valence electrons. The molecule has 2 atom stereocenters. The number of hydrogen-bond acceptors (Lipinski definition) is 2. The molecule has 0 amide bonds. The lowest BCUT2D eigenvalue weighted by molar-refractivity contribution is -0.121. The van der Waals surface area contributed by atoms with Crippen LogP contribution in [-0.2, 0) is 9.53 Å². The van der Waals surface area contributed by atoms with E-state index in [1.807, 2.05) is 0 Å². The van der Waals surface area contributed by atoms with Crippen molar-refractivity contribution >= 4 is 5.78 Å². The lowest BCUT2D eigenvalue weighted by Crippen LogP contribution is -2.08. The highest BCUT2D eigenvalue weighted by Gasteiger charge is 2.49. The molecular formula is C7H10O2. The van der Waals surface area contributed by atoms with Crippen molar-refractivity contribution in [2.24, 2.45) is 5.92 Å². The minimum absolute atomic E-state index is 0.328. The van der Waals surface area contributed by atoms with Crippen LogP contribution in [0, 0.1) is 5.92 Å². The highest BCUT2D eigenvalue weighted by atomic mass is 16.6. The van der Waals surface area contributed by atoms with Crippen LogP contribution in [0.2, 0.25) is 0 Å². The van der Waals surface area contributed by atoms with Gasteiger partial charge in [0.05, 0.1) is 12.2 Å². The molecule has 0 aromatic rings. The summed E-state index contributed by atoms with van der Waals surface area (Å²) in [5.41, 5.74) is 0. The number of hydrogen-bond donors (Lipinski definition) is 0. The van der Waals surface area contributed by atoms with Crippen LogP contribution in [0.25, 0.3) is 0 Å². The fourth-order valence-corrected chi connectivity index (χ4v) is 1.58. The third-order valence-corrected chi connectivity index (χ3v) is 2.30. The number of ether oxygens (including phenoxy) is 1. The number of fused-ring (bicyclic) bond motifs is 1. The summed E-state index contributed by atoms with van der Waals surface area (Å²) < 4.78 is 5.18. The summed E-state index contributed by atoms with van der Waals surface area (Å²) in [5.74, 6) is 0.666. The van der Waals surface area contributed by atoms with Crippen LogP contribution in [0.4, 0.5) is 0 Å². The van der Waals surface area contributed by atoms with Gasteiger partial charge in [-0.3, -0.25) is 4.79 Å². The van der Waals surface area contributed by atoms with E-state index in [2.05, 4.69) is 0 Å². The van der Waals surface area contributed by atoms with E-state index >= 15 is 0 Å². The van der Waals surface area contributed by atoms with E-state index in [9.17, 15) is 4.79 Å². The molecule has 1 aliphatic heterocycles.